The first-order valence-electron chi connectivity index (χ1n) is 6.75. The zero-order chi connectivity index (χ0) is 14.8. The monoisotopic (exact) mass is 270 g/mol. The van der Waals surface area contributed by atoms with Gasteiger partial charge in [0.25, 0.3) is 0 Å². The molecule has 0 aromatic heterocycles. The molecular weight excluding hydrogens is 244 g/mol. The zero-order valence-electron chi connectivity index (χ0n) is 12.9. The van der Waals surface area contributed by atoms with Crippen molar-refractivity contribution in [3.05, 3.63) is 0 Å². The van der Waals surface area contributed by atoms with Crippen LogP contribution in [0.1, 0.15) is 41.5 Å². The second kappa shape index (κ2) is 5.39. The summed E-state index contributed by atoms with van der Waals surface area (Å²) in [5, 5.41) is 2.74. The third-order valence-corrected chi connectivity index (χ3v) is 2.82. The van der Waals surface area contributed by atoms with Crippen molar-refractivity contribution >= 4 is 12.0 Å². The first kappa shape index (κ1) is 15.8. The molecule has 19 heavy (non-hydrogen) atoms. The highest BCUT2D eigenvalue weighted by atomic mass is 16.6. The molecule has 5 heteroatoms. The Morgan fingerprint density at radius 3 is 2.11 bits per heavy atom. The summed E-state index contributed by atoms with van der Waals surface area (Å²) in [6, 6.07) is 0. The molecule has 1 saturated heterocycles. The normalized spacial score (nSPS) is 16.8. The van der Waals surface area contributed by atoms with Gasteiger partial charge in [-0.2, -0.15) is 0 Å². The van der Waals surface area contributed by atoms with Crippen molar-refractivity contribution in [2.45, 2.75) is 47.1 Å². The number of carbonyl (C=O) groups is 2. The van der Waals surface area contributed by atoms with Crippen molar-refractivity contribution in [2.75, 3.05) is 19.6 Å². The summed E-state index contributed by atoms with van der Waals surface area (Å²) >= 11 is 0. The molecule has 0 aromatic carbocycles. The lowest BCUT2D eigenvalue weighted by Gasteiger charge is -2.42. The highest BCUT2D eigenvalue weighted by molar-refractivity contribution is 5.82. The highest BCUT2D eigenvalue weighted by Gasteiger charge is 2.36. The van der Waals surface area contributed by atoms with Crippen molar-refractivity contribution in [1.82, 2.24) is 10.2 Å². The van der Waals surface area contributed by atoms with E-state index < -0.39 is 11.7 Å². The van der Waals surface area contributed by atoms with Gasteiger partial charge in [-0.3, -0.25) is 4.79 Å². The summed E-state index contributed by atoms with van der Waals surface area (Å²) in [5.74, 6) is 0.500. The van der Waals surface area contributed by atoms with Gasteiger partial charge in [0.15, 0.2) is 0 Å². The number of hydrogen-bond donors (Lipinski definition) is 1. The van der Waals surface area contributed by atoms with Gasteiger partial charge in [-0.15, -0.1) is 0 Å². The number of likely N-dealkylation sites (tertiary alicyclic amines) is 1. The second-order valence-electron chi connectivity index (χ2n) is 7.21. The number of nitrogens with one attached hydrogen (secondary N) is 1. The molecule has 1 fully saturated rings. The molecule has 0 bridgehead atoms. The molecule has 1 heterocycles. The van der Waals surface area contributed by atoms with Crippen LogP contribution in [0.4, 0.5) is 4.79 Å². The van der Waals surface area contributed by atoms with Crippen LogP contribution in [0.5, 0.6) is 0 Å². The van der Waals surface area contributed by atoms with E-state index in [0.29, 0.717) is 25.6 Å². The minimum absolute atomic E-state index is 0.168. The van der Waals surface area contributed by atoms with Crippen LogP contribution in [0.3, 0.4) is 0 Å². The summed E-state index contributed by atoms with van der Waals surface area (Å²) in [7, 11) is 0. The van der Waals surface area contributed by atoms with E-state index in [1.807, 2.05) is 46.4 Å². The van der Waals surface area contributed by atoms with Crippen molar-refractivity contribution in [3.8, 4) is 0 Å². The Kier molecular flexibility index (Phi) is 4.48. The summed E-state index contributed by atoms with van der Waals surface area (Å²) < 4.78 is 5.15. The molecule has 1 aliphatic heterocycles. The van der Waals surface area contributed by atoms with Crippen molar-refractivity contribution in [2.24, 2.45) is 11.3 Å². The van der Waals surface area contributed by atoms with Gasteiger partial charge in [0.2, 0.25) is 5.91 Å². The molecule has 110 valence electrons. The fourth-order valence-corrected chi connectivity index (χ4v) is 1.88. The minimum Gasteiger partial charge on any atom is -0.444 e. The maximum absolute atomic E-state index is 11.9. The summed E-state index contributed by atoms with van der Waals surface area (Å²) in [6.07, 6.45) is -0.395. The molecule has 1 rings (SSSR count). The molecule has 2 amide bonds. The van der Waals surface area contributed by atoms with E-state index in [1.165, 1.54) is 0 Å². The molecule has 1 N–H and O–H groups in total. The average Bonchev–Trinajstić information content (AvgIpc) is 2.10. The smallest absolute Gasteiger partial charge is 0.407 e. The van der Waals surface area contributed by atoms with Gasteiger partial charge in [0.1, 0.15) is 5.60 Å². The van der Waals surface area contributed by atoms with Gasteiger partial charge in [-0.25, -0.2) is 4.79 Å². The third-order valence-electron chi connectivity index (χ3n) is 2.82. The predicted molar refractivity (Wildman–Crippen MR) is 73.8 cm³/mol. The van der Waals surface area contributed by atoms with E-state index in [1.54, 1.807) is 0 Å². The van der Waals surface area contributed by atoms with Gasteiger partial charge < -0.3 is 15.0 Å². The average molecular weight is 270 g/mol. The van der Waals surface area contributed by atoms with Crippen molar-refractivity contribution < 1.29 is 14.3 Å². The number of carbonyl (C=O) groups excluding carboxylic acids is 2. The van der Waals surface area contributed by atoms with E-state index in [0.717, 1.165) is 0 Å². The lowest BCUT2D eigenvalue weighted by atomic mass is 9.90. The van der Waals surface area contributed by atoms with E-state index >= 15 is 0 Å². The maximum atomic E-state index is 11.9. The number of amides is 2. The Bertz CT molecular complexity index is 347. The minimum atomic E-state index is -0.474. The SMILES string of the molecule is CC(C)(C)OC(=O)NCC1CN(C(=O)C(C)(C)C)C1. The fraction of sp³-hybridized carbons (Fsp3) is 0.857. The van der Waals surface area contributed by atoms with E-state index in [4.69, 9.17) is 4.74 Å². The van der Waals surface area contributed by atoms with Crippen LogP contribution in [0.2, 0.25) is 0 Å². The van der Waals surface area contributed by atoms with Gasteiger partial charge >= 0.3 is 6.09 Å². The van der Waals surface area contributed by atoms with Gasteiger partial charge in [0, 0.05) is 31.0 Å². The van der Waals surface area contributed by atoms with Gasteiger partial charge in [0.05, 0.1) is 0 Å². The molecule has 0 radical (unpaired) electrons. The molecule has 0 saturated carbocycles. The summed E-state index contributed by atoms with van der Waals surface area (Å²) in [6.45, 7) is 13.2. The molecule has 0 atom stereocenters. The van der Waals surface area contributed by atoms with Crippen LogP contribution in [-0.2, 0) is 9.53 Å². The Hall–Kier alpha value is -1.26. The zero-order valence-corrected chi connectivity index (χ0v) is 12.9. The van der Waals surface area contributed by atoms with Crippen molar-refractivity contribution in [1.29, 1.82) is 0 Å². The molecule has 1 aliphatic rings. The van der Waals surface area contributed by atoms with Gasteiger partial charge in [-0.05, 0) is 20.8 Å². The fourth-order valence-electron chi connectivity index (χ4n) is 1.88. The second-order valence-corrected chi connectivity index (χ2v) is 7.21. The Morgan fingerprint density at radius 1 is 1.16 bits per heavy atom. The van der Waals surface area contributed by atoms with E-state index in [-0.39, 0.29) is 11.3 Å². The van der Waals surface area contributed by atoms with Crippen LogP contribution in [-0.4, -0.2) is 42.1 Å². The van der Waals surface area contributed by atoms with Crippen LogP contribution in [0.25, 0.3) is 0 Å². The first-order valence-corrected chi connectivity index (χ1v) is 6.75. The Balaban J connectivity index is 2.23. The van der Waals surface area contributed by atoms with E-state index in [9.17, 15) is 9.59 Å². The number of rotatable bonds is 2. The summed E-state index contributed by atoms with van der Waals surface area (Å²) in [5.41, 5.74) is -0.804. The highest BCUT2D eigenvalue weighted by Crippen LogP contribution is 2.24. The number of alkyl carbamates (subject to hydrolysis) is 1. The van der Waals surface area contributed by atoms with Crippen LogP contribution in [0.15, 0.2) is 0 Å². The molecule has 0 spiro atoms. The Morgan fingerprint density at radius 2 is 1.68 bits per heavy atom. The number of ether oxygens (including phenoxy) is 1. The lowest BCUT2D eigenvalue weighted by Crippen LogP contribution is -2.56. The largest absolute Gasteiger partial charge is 0.444 e. The van der Waals surface area contributed by atoms with E-state index in [2.05, 4.69) is 5.32 Å². The predicted octanol–water partition coefficient (Wildman–Crippen LogP) is 2.02. The standard InChI is InChI=1S/C14H26N2O3/c1-13(2,3)11(17)16-8-10(9-16)7-15-12(18)19-14(4,5)6/h10H,7-9H2,1-6H3,(H,15,18). The molecule has 0 aromatic rings. The molecule has 5 nitrogen and oxygen atoms in total. The molecule has 0 aliphatic carbocycles. The maximum Gasteiger partial charge on any atom is 0.407 e. The van der Waals surface area contributed by atoms with Crippen LogP contribution >= 0.6 is 0 Å². The number of hydrogen-bond acceptors (Lipinski definition) is 3. The van der Waals surface area contributed by atoms with Crippen LogP contribution < -0.4 is 5.32 Å². The molecular formula is C14H26N2O3. The number of nitrogens with zero attached hydrogens (tertiary/aromatic N) is 1. The van der Waals surface area contributed by atoms with Gasteiger partial charge in [-0.1, -0.05) is 20.8 Å². The quantitative estimate of drug-likeness (QED) is 0.835. The summed E-state index contributed by atoms with van der Waals surface area (Å²) in [4.78, 5) is 25.2. The lowest BCUT2D eigenvalue weighted by molar-refractivity contribution is -0.145. The van der Waals surface area contributed by atoms with Crippen LogP contribution in [0, 0.1) is 11.3 Å². The first-order chi connectivity index (χ1) is 8.49. The van der Waals surface area contributed by atoms with Crippen molar-refractivity contribution in [3.63, 3.8) is 0 Å². The topological polar surface area (TPSA) is 58.6 Å². The molecule has 0 unspecified atom stereocenters. The third kappa shape index (κ3) is 5.09. The Labute approximate surface area is 115 Å².